The average molecular weight is 233 g/mol. The number of rotatable bonds is 3. The van der Waals surface area contributed by atoms with Crippen molar-refractivity contribution in [1.29, 1.82) is 0 Å². The largest absolute Gasteiger partial charge is 0.320 e. The van der Waals surface area contributed by atoms with Crippen molar-refractivity contribution < 1.29 is 4.79 Å². The third-order valence-electron chi connectivity index (χ3n) is 2.57. The van der Waals surface area contributed by atoms with Crippen LogP contribution in [0.15, 0.2) is 24.4 Å². The van der Waals surface area contributed by atoms with Crippen LogP contribution in [0.1, 0.15) is 13.8 Å². The van der Waals surface area contributed by atoms with E-state index in [-0.39, 0.29) is 11.8 Å². The normalized spacial score (nSPS) is 12.9. The maximum Gasteiger partial charge on any atom is 0.243 e. The maximum absolute atomic E-state index is 11.8. The predicted octanol–water partition coefficient (Wildman–Crippen LogP) is 0.651. The Kier molecular flexibility index (Phi) is 3.06. The van der Waals surface area contributed by atoms with Crippen LogP contribution in [-0.4, -0.2) is 26.5 Å². The van der Waals surface area contributed by atoms with Crippen molar-refractivity contribution in [1.82, 2.24) is 14.6 Å². The highest BCUT2D eigenvalue weighted by Crippen LogP contribution is 2.08. The van der Waals surface area contributed by atoms with E-state index in [1.54, 1.807) is 10.6 Å². The van der Waals surface area contributed by atoms with Crippen molar-refractivity contribution >= 4 is 17.5 Å². The highest BCUT2D eigenvalue weighted by molar-refractivity contribution is 5.93. The number of nitrogens with one attached hydrogen (secondary N) is 1. The Morgan fingerprint density at radius 2 is 2.18 bits per heavy atom. The van der Waals surface area contributed by atoms with Crippen molar-refractivity contribution in [2.45, 2.75) is 19.9 Å². The van der Waals surface area contributed by atoms with Gasteiger partial charge in [0.15, 0.2) is 5.65 Å². The summed E-state index contributed by atoms with van der Waals surface area (Å²) in [5.41, 5.74) is 6.43. The molecule has 6 nitrogen and oxygen atoms in total. The van der Waals surface area contributed by atoms with E-state index in [2.05, 4.69) is 15.5 Å². The quantitative estimate of drug-likeness (QED) is 0.815. The molecule has 1 amide bonds. The van der Waals surface area contributed by atoms with E-state index in [0.717, 1.165) is 0 Å². The number of carbonyl (C=O) groups excluding carboxylic acids is 1. The van der Waals surface area contributed by atoms with E-state index < -0.39 is 6.04 Å². The number of amides is 1. The van der Waals surface area contributed by atoms with E-state index in [9.17, 15) is 4.79 Å². The van der Waals surface area contributed by atoms with Gasteiger partial charge in [0.2, 0.25) is 11.9 Å². The van der Waals surface area contributed by atoms with Gasteiger partial charge >= 0.3 is 0 Å². The standard InChI is InChI=1S/C11H15N5O/c1-7(2)9(12)10(17)13-11-15-14-8-5-3-4-6-16(8)11/h3-7,9H,12H2,1-2H3,(H,13,15,17). The number of carbonyl (C=O) groups is 1. The molecule has 0 aliphatic rings. The fourth-order valence-corrected chi connectivity index (χ4v) is 1.42. The van der Waals surface area contributed by atoms with Gasteiger partial charge < -0.3 is 5.73 Å². The molecule has 6 heteroatoms. The number of hydrogen-bond acceptors (Lipinski definition) is 4. The minimum absolute atomic E-state index is 0.0779. The van der Waals surface area contributed by atoms with Crippen LogP contribution in [-0.2, 0) is 4.79 Å². The molecule has 1 atom stereocenters. The molecule has 0 aromatic carbocycles. The number of nitrogens with zero attached hydrogens (tertiary/aromatic N) is 3. The van der Waals surface area contributed by atoms with Gasteiger partial charge in [-0.15, -0.1) is 10.2 Å². The molecule has 0 spiro atoms. The first-order chi connectivity index (χ1) is 8.09. The highest BCUT2D eigenvalue weighted by atomic mass is 16.2. The van der Waals surface area contributed by atoms with Crippen LogP contribution in [0.4, 0.5) is 5.95 Å². The number of hydrogen-bond donors (Lipinski definition) is 2. The first kappa shape index (κ1) is 11.5. The zero-order valence-corrected chi connectivity index (χ0v) is 9.79. The van der Waals surface area contributed by atoms with Crippen LogP contribution in [0.25, 0.3) is 5.65 Å². The summed E-state index contributed by atoms with van der Waals surface area (Å²) in [6.07, 6.45) is 1.78. The summed E-state index contributed by atoms with van der Waals surface area (Å²) in [6, 6.07) is 4.96. The molecule has 0 aliphatic heterocycles. The van der Waals surface area contributed by atoms with E-state index >= 15 is 0 Å². The Morgan fingerprint density at radius 3 is 2.88 bits per heavy atom. The van der Waals surface area contributed by atoms with Crippen LogP contribution < -0.4 is 11.1 Å². The maximum atomic E-state index is 11.8. The SMILES string of the molecule is CC(C)C(N)C(=O)Nc1nnc2ccccn12. The van der Waals surface area contributed by atoms with Gasteiger partial charge in [-0.1, -0.05) is 19.9 Å². The summed E-state index contributed by atoms with van der Waals surface area (Å²) in [5.74, 6) is 0.217. The summed E-state index contributed by atoms with van der Waals surface area (Å²) in [7, 11) is 0. The van der Waals surface area contributed by atoms with Gasteiger partial charge in [0, 0.05) is 6.20 Å². The molecule has 2 aromatic rings. The molecular weight excluding hydrogens is 218 g/mol. The molecule has 2 rings (SSSR count). The van der Waals surface area contributed by atoms with Crippen LogP contribution >= 0.6 is 0 Å². The van der Waals surface area contributed by atoms with Crippen molar-refractivity contribution in [3.63, 3.8) is 0 Å². The Morgan fingerprint density at radius 1 is 1.41 bits per heavy atom. The van der Waals surface area contributed by atoms with Crippen LogP contribution in [0, 0.1) is 5.92 Å². The number of fused-ring (bicyclic) bond motifs is 1. The Hall–Kier alpha value is -1.95. The summed E-state index contributed by atoms with van der Waals surface area (Å²) >= 11 is 0. The van der Waals surface area contributed by atoms with Gasteiger partial charge in [-0.3, -0.25) is 14.5 Å². The van der Waals surface area contributed by atoms with Crippen LogP contribution in [0.2, 0.25) is 0 Å². The molecule has 90 valence electrons. The van der Waals surface area contributed by atoms with Gasteiger partial charge in [-0.2, -0.15) is 0 Å². The molecule has 2 heterocycles. The number of nitrogens with two attached hydrogens (primary N) is 1. The molecule has 3 N–H and O–H groups in total. The van der Waals surface area contributed by atoms with Crippen LogP contribution in [0.3, 0.4) is 0 Å². The van der Waals surface area contributed by atoms with Crippen molar-refractivity contribution in [2.75, 3.05) is 5.32 Å². The third-order valence-corrected chi connectivity index (χ3v) is 2.57. The second-order valence-corrected chi connectivity index (χ2v) is 4.21. The molecule has 2 aromatic heterocycles. The molecule has 0 fully saturated rings. The fourth-order valence-electron chi connectivity index (χ4n) is 1.42. The van der Waals surface area contributed by atoms with Crippen molar-refractivity contribution in [3.8, 4) is 0 Å². The second kappa shape index (κ2) is 4.50. The lowest BCUT2D eigenvalue weighted by Gasteiger charge is -2.14. The average Bonchev–Trinajstić information content (AvgIpc) is 2.71. The van der Waals surface area contributed by atoms with E-state index in [0.29, 0.717) is 11.6 Å². The first-order valence-corrected chi connectivity index (χ1v) is 5.46. The van der Waals surface area contributed by atoms with Gasteiger partial charge in [-0.25, -0.2) is 0 Å². The topological polar surface area (TPSA) is 85.3 Å². The zero-order chi connectivity index (χ0) is 12.4. The Bertz CT molecular complexity index is 533. The fraction of sp³-hybridized carbons (Fsp3) is 0.364. The number of aromatic nitrogens is 3. The molecule has 0 aliphatic carbocycles. The molecule has 0 radical (unpaired) electrons. The molecular formula is C11H15N5O. The Balaban J connectivity index is 2.22. The summed E-state index contributed by atoms with van der Waals surface area (Å²) in [4.78, 5) is 11.8. The lowest BCUT2D eigenvalue weighted by atomic mass is 10.1. The van der Waals surface area contributed by atoms with Gasteiger partial charge in [0.1, 0.15) is 0 Å². The van der Waals surface area contributed by atoms with E-state index in [4.69, 9.17) is 5.73 Å². The summed E-state index contributed by atoms with van der Waals surface area (Å²) in [5, 5.41) is 10.5. The minimum atomic E-state index is -0.550. The zero-order valence-electron chi connectivity index (χ0n) is 9.79. The van der Waals surface area contributed by atoms with E-state index in [1.165, 1.54) is 0 Å². The number of anilines is 1. The monoisotopic (exact) mass is 233 g/mol. The highest BCUT2D eigenvalue weighted by Gasteiger charge is 2.19. The predicted molar refractivity (Wildman–Crippen MR) is 64.4 cm³/mol. The van der Waals surface area contributed by atoms with Crippen LogP contribution in [0.5, 0.6) is 0 Å². The van der Waals surface area contributed by atoms with Gasteiger partial charge in [-0.05, 0) is 18.1 Å². The smallest absolute Gasteiger partial charge is 0.243 e. The molecule has 0 saturated heterocycles. The summed E-state index contributed by atoms with van der Waals surface area (Å²) in [6.45, 7) is 3.79. The molecule has 0 saturated carbocycles. The Labute approximate surface area is 98.8 Å². The first-order valence-electron chi connectivity index (χ1n) is 5.46. The lowest BCUT2D eigenvalue weighted by molar-refractivity contribution is -0.118. The third kappa shape index (κ3) is 2.26. The van der Waals surface area contributed by atoms with E-state index in [1.807, 2.05) is 32.0 Å². The van der Waals surface area contributed by atoms with Crippen molar-refractivity contribution in [3.05, 3.63) is 24.4 Å². The van der Waals surface area contributed by atoms with Gasteiger partial charge in [0.05, 0.1) is 6.04 Å². The van der Waals surface area contributed by atoms with Crippen molar-refractivity contribution in [2.24, 2.45) is 11.7 Å². The number of pyridine rings is 1. The van der Waals surface area contributed by atoms with Gasteiger partial charge in [0.25, 0.3) is 0 Å². The molecule has 17 heavy (non-hydrogen) atoms. The summed E-state index contributed by atoms with van der Waals surface area (Å²) < 4.78 is 1.70. The minimum Gasteiger partial charge on any atom is -0.320 e. The molecule has 1 unspecified atom stereocenters. The molecule has 0 bridgehead atoms. The second-order valence-electron chi connectivity index (χ2n) is 4.21. The lowest BCUT2D eigenvalue weighted by Crippen LogP contribution is -2.40.